The standard InChI is InChI=1S/C16H30N2O2/c1-2-20-15-10-13(11-15)12-16(19)18(9-8-17)14-6-4-3-5-7-14/h13-15H,2-12,17H2,1H3. The summed E-state index contributed by atoms with van der Waals surface area (Å²) in [5.74, 6) is 0.852. The van der Waals surface area contributed by atoms with Crippen molar-refractivity contribution in [3.63, 3.8) is 0 Å². The second-order valence-corrected chi connectivity index (χ2v) is 6.29. The summed E-state index contributed by atoms with van der Waals surface area (Å²) in [7, 11) is 0. The summed E-state index contributed by atoms with van der Waals surface area (Å²) in [5, 5.41) is 0. The Morgan fingerprint density at radius 3 is 2.55 bits per heavy atom. The molecule has 0 aromatic rings. The van der Waals surface area contributed by atoms with Crippen molar-refractivity contribution in [2.24, 2.45) is 11.7 Å². The third kappa shape index (κ3) is 4.19. The minimum atomic E-state index is 0.322. The van der Waals surface area contributed by atoms with Gasteiger partial charge >= 0.3 is 0 Å². The zero-order chi connectivity index (χ0) is 14.4. The van der Waals surface area contributed by atoms with Crippen molar-refractivity contribution in [2.75, 3.05) is 19.7 Å². The minimum Gasteiger partial charge on any atom is -0.378 e. The molecule has 2 rings (SSSR count). The highest BCUT2D eigenvalue weighted by Gasteiger charge is 2.33. The molecule has 2 saturated carbocycles. The lowest BCUT2D eigenvalue weighted by atomic mass is 9.79. The first kappa shape index (κ1) is 15.8. The lowest BCUT2D eigenvalue weighted by molar-refractivity contribution is -0.137. The highest BCUT2D eigenvalue weighted by atomic mass is 16.5. The number of carbonyl (C=O) groups excluding carboxylic acids is 1. The molecule has 0 heterocycles. The van der Waals surface area contributed by atoms with Gasteiger partial charge in [0, 0.05) is 32.2 Å². The lowest BCUT2D eigenvalue weighted by Crippen LogP contribution is -2.46. The molecule has 4 nitrogen and oxygen atoms in total. The highest BCUT2D eigenvalue weighted by molar-refractivity contribution is 5.77. The summed E-state index contributed by atoms with van der Waals surface area (Å²) in [6.45, 7) is 4.12. The molecule has 116 valence electrons. The van der Waals surface area contributed by atoms with Crippen LogP contribution in [0, 0.1) is 5.92 Å². The quantitative estimate of drug-likeness (QED) is 0.779. The van der Waals surface area contributed by atoms with E-state index >= 15 is 0 Å². The maximum Gasteiger partial charge on any atom is 0.223 e. The van der Waals surface area contributed by atoms with Gasteiger partial charge in [-0.3, -0.25) is 4.79 Å². The zero-order valence-corrected chi connectivity index (χ0v) is 12.9. The third-order valence-electron chi connectivity index (χ3n) is 4.76. The van der Waals surface area contributed by atoms with Gasteiger partial charge in [-0.05, 0) is 38.5 Å². The number of carbonyl (C=O) groups is 1. The SMILES string of the molecule is CCOC1CC(CC(=O)N(CCN)C2CCCCC2)C1. The van der Waals surface area contributed by atoms with Crippen molar-refractivity contribution in [3.8, 4) is 0 Å². The van der Waals surface area contributed by atoms with Gasteiger partial charge in [0.2, 0.25) is 5.91 Å². The molecule has 2 fully saturated rings. The first-order chi connectivity index (χ1) is 9.74. The number of ether oxygens (including phenoxy) is 1. The van der Waals surface area contributed by atoms with E-state index in [1.54, 1.807) is 0 Å². The van der Waals surface area contributed by atoms with E-state index in [9.17, 15) is 4.79 Å². The van der Waals surface area contributed by atoms with Crippen LogP contribution >= 0.6 is 0 Å². The molecular formula is C16H30N2O2. The topological polar surface area (TPSA) is 55.6 Å². The van der Waals surface area contributed by atoms with E-state index < -0.39 is 0 Å². The minimum absolute atomic E-state index is 0.322. The van der Waals surface area contributed by atoms with Crippen molar-refractivity contribution >= 4 is 5.91 Å². The molecule has 2 N–H and O–H groups in total. The van der Waals surface area contributed by atoms with E-state index in [4.69, 9.17) is 10.5 Å². The first-order valence-corrected chi connectivity index (χ1v) is 8.35. The fourth-order valence-electron chi connectivity index (χ4n) is 3.62. The van der Waals surface area contributed by atoms with Crippen LogP contribution < -0.4 is 5.73 Å². The summed E-state index contributed by atoms with van der Waals surface area (Å²) in [5.41, 5.74) is 5.70. The molecular weight excluding hydrogens is 252 g/mol. The van der Waals surface area contributed by atoms with Crippen molar-refractivity contribution in [1.29, 1.82) is 0 Å². The van der Waals surface area contributed by atoms with E-state index in [-0.39, 0.29) is 0 Å². The largest absolute Gasteiger partial charge is 0.378 e. The second-order valence-electron chi connectivity index (χ2n) is 6.29. The smallest absolute Gasteiger partial charge is 0.223 e. The Morgan fingerprint density at radius 2 is 1.95 bits per heavy atom. The molecule has 0 aromatic carbocycles. The number of hydrogen-bond donors (Lipinski definition) is 1. The maximum absolute atomic E-state index is 12.5. The molecule has 2 aliphatic rings. The number of amides is 1. The number of nitrogens with zero attached hydrogens (tertiary/aromatic N) is 1. The van der Waals surface area contributed by atoms with Crippen LogP contribution in [-0.4, -0.2) is 42.6 Å². The van der Waals surface area contributed by atoms with Gasteiger partial charge in [0.1, 0.15) is 0 Å². The van der Waals surface area contributed by atoms with Gasteiger partial charge in [-0.25, -0.2) is 0 Å². The Bertz CT molecular complexity index is 297. The second kappa shape index (κ2) is 7.99. The molecule has 20 heavy (non-hydrogen) atoms. The van der Waals surface area contributed by atoms with E-state index in [1.165, 1.54) is 19.3 Å². The average Bonchev–Trinajstić information content (AvgIpc) is 2.43. The van der Waals surface area contributed by atoms with E-state index in [2.05, 4.69) is 4.90 Å². The monoisotopic (exact) mass is 282 g/mol. The molecule has 1 amide bonds. The van der Waals surface area contributed by atoms with Gasteiger partial charge in [0.15, 0.2) is 0 Å². The van der Waals surface area contributed by atoms with Crippen LogP contribution in [0.3, 0.4) is 0 Å². The highest BCUT2D eigenvalue weighted by Crippen LogP contribution is 2.34. The van der Waals surface area contributed by atoms with E-state index in [0.29, 0.717) is 36.9 Å². The fraction of sp³-hybridized carbons (Fsp3) is 0.938. The Kier molecular flexibility index (Phi) is 6.30. The summed E-state index contributed by atoms with van der Waals surface area (Å²) in [6.07, 6.45) is 9.37. The maximum atomic E-state index is 12.5. The molecule has 4 heteroatoms. The van der Waals surface area contributed by atoms with E-state index in [0.717, 1.165) is 38.8 Å². The summed E-state index contributed by atoms with van der Waals surface area (Å²) in [6, 6.07) is 0.447. The van der Waals surface area contributed by atoms with Crippen molar-refractivity contribution in [2.45, 2.75) is 70.4 Å². The van der Waals surface area contributed by atoms with Crippen LogP contribution in [0.4, 0.5) is 0 Å². The normalized spacial score (nSPS) is 27.1. The predicted octanol–water partition coefficient (Wildman–Crippen LogP) is 2.31. The molecule has 0 saturated heterocycles. The predicted molar refractivity (Wildman–Crippen MR) is 80.4 cm³/mol. The van der Waals surface area contributed by atoms with E-state index in [1.807, 2.05) is 6.92 Å². The first-order valence-electron chi connectivity index (χ1n) is 8.35. The molecule has 0 spiro atoms. The van der Waals surface area contributed by atoms with Crippen LogP contribution in [0.1, 0.15) is 58.3 Å². The molecule has 2 aliphatic carbocycles. The average molecular weight is 282 g/mol. The molecule has 0 aromatic heterocycles. The van der Waals surface area contributed by atoms with Crippen LogP contribution in [0.5, 0.6) is 0 Å². The Balaban J connectivity index is 1.78. The zero-order valence-electron chi connectivity index (χ0n) is 12.9. The summed E-state index contributed by atoms with van der Waals surface area (Å²) in [4.78, 5) is 14.6. The third-order valence-corrected chi connectivity index (χ3v) is 4.76. The van der Waals surface area contributed by atoms with Crippen molar-refractivity contribution in [1.82, 2.24) is 4.90 Å². The van der Waals surface area contributed by atoms with Crippen LogP contribution in [-0.2, 0) is 9.53 Å². The van der Waals surface area contributed by atoms with Crippen molar-refractivity contribution in [3.05, 3.63) is 0 Å². The van der Waals surface area contributed by atoms with Gasteiger partial charge in [-0.2, -0.15) is 0 Å². The summed E-state index contributed by atoms with van der Waals surface area (Å²) >= 11 is 0. The molecule has 0 radical (unpaired) electrons. The van der Waals surface area contributed by atoms with Gasteiger partial charge < -0.3 is 15.4 Å². The molecule has 0 bridgehead atoms. The van der Waals surface area contributed by atoms with Crippen LogP contribution in [0.25, 0.3) is 0 Å². The van der Waals surface area contributed by atoms with Gasteiger partial charge in [-0.15, -0.1) is 0 Å². The Hall–Kier alpha value is -0.610. The Labute approximate surface area is 123 Å². The fourth-order valence-corrected chi connectivity index (χ4v) is 3.62. The molecule has 0 atom stereocenters. The molecule has 0 aliphatic heterocycles. The number of rotatable bonds is 7. The van der Waals surface area contributed by atoms with Gasteiger partial charge in [-0.1, -0.05) is 19.3 Å². The molecule has 0 unspecified atom stereocenters. The van der Waals surface area contributed by atoms with Crippen molar-refractivity contribution < 1.29 is 9.53 Å². The van der Waals surface area contributed by atoms with Gasteiger partial charge in [0.25, 0.3) is 0 Å². The van der Waals surface area contributed by atoms with Crippen LogP contribution in [0.2, 0.25) is 0 Å². The van der Waals surface area contributed by atoms with Gasteiger partial charge in [0.05, 0.1) is 6.10 Å². The number of nitrogens with two attached hydrogens (primary N) is 1. The Morgan fingerprint density at radius 1 is 1.25 bits per heavy atom. The van der Waals surface area contributed by atoms with Crippen LogP contribution in [0.15, 0.2) is 0 Å². The summed E-state index contributed by atoms with van der Waals surface area (Å²) < 4.78 is 5.57. The lowest BCUT2D eigenvalue weighted by Gasteiger charge is -2.38. The number of hydrogen-bond acceptors (Lipinski definition) is 3.